The topological polar surface area (TPSA) is 80.3 Å². The Morgan fingerprint density at radius 3 is 2.52 bits per heavy atom. The number of methoxy groups -OCH3 is 2. The first-order valence-corrected chi connectivity index (χ1v) is 10.2. The Bertz CT molecular complexity index is 994. The van der Waals surface area contributed by atoms with Crippen molar-refractivity contribution in [3.05, 3.63) is 46.5 Å². The summed E-state index contributed by atoms with van der Waals surface area (Å²) in [4.78, 5) is 24.7. The van der Waals surface area contributed by atoms with Gasteiger partial charge in [-0.15, -0.1) is 0 Å². The van der Waals surface area contributed by atoms with Crippen molar-refractivity contribution in [1.82, 2.24) is 0 Å². The van der Waals surface area contributed by atoms with Gasteiger partial charge in [-0.2, -0.15) is 0 Å². The molecule has 7 nitrogen and oxygen atoms in total. The van der Waals surface area contributed by atoms with E-state index in [0.29, 0.717) is 29.0 Å². The molecule has 166 valence electrons. The lowest BCUT2D eigenvalue weighted by atomic mass is 9.96. The first-order valence-electron chi connectivity index (χ1n) is 10.2. The third kappa shape index (κ3) is 4.76. The van der Waals surface area contributed by atoms with Crippen LogP contribution in [0.25, 0.3) is 0 Å². The molecule has 0 N–H and O–H groups in total. The summed E-state index contributed by atoms with van der Waals surface area (Å²) in [6.07, 6.45) is 0.000988. The molecular weight excluding hydrogens is 400 g/mol. The summed E-state index contributed by atoms with van der Waals surface area (Å²) in [7, 11) is 3.02. The maximum absolute atomic E-state index is 13.0. The highest BCUT2D eigenvalue weighted by molar-refractivity contribution is 5.96. The second-order valence-electron chi connectivity index (χ2n) is 7.92. The summed E-state index contributed by atoms with van der Waals surface area (Å²) in [5, 5.41) is 0. The molecule has 1 heterocycles. The van der Waals surface area contributed by atoms with Crippen LogP contribution in [0.15, 0.2) is 24.3 Å². The zero-order chi connectivity index (χ0) is 22.7. The molecule has 7 heteroatoms. The Morgan fingerprint density at radius 2 is 1.90 bits per heavy atom. The molecule has 3 rings (SSSR count). The van der Waals surface area contributed by atoms with Gasteiger partial charge in [-0.1, -0.05) is 13.8 Å². The highest BCUT2D eigenvalue weighted by Crippen LogP contribution is 2.45. The zero-order valence-electron chi connectivity index (χ0n) is 18.7. The molecule has 0 bridgehead atoms. The van der Waals surface area contributed by atoms with Crippen molar-refractivity contribution in [3.63, 3.8) is 0 Å². The van der Waals surface area contributed by atoms with E-state index >= 15 is 0 Å². The number of hydrogen-bond acceptors (Lipinski definition) is 7. The number of benzene rings is 2. The largest absolute Gasteiger partial charge is 0.495 e. The lowest BCUT2D eigenvalue weighted by molar-refractivity contribution is -0.147. The van der Waals surface area contributed by atoms with Gasteiger partial charge in [0, 0.05) is 18.1 Å². The summed E-state index contributed by atoms with van der Waals surface area (Å²) in [5.41, 5.74) is 2.40. The summed E-state index contributed by atoms with van der Waals surface area (Å²) < 4.78 is 28.4. The molecule has 0 fully saturated rings. The average molecular weight is 428 g/mol. The number of carbonyl (C=O) groups excluding carboxylic acids is 2. The van der Waals surface area contributed by atoms with Crippen LogP contribution in [-0.2, 0) is 20.9 Å². The molecule has 0 saturated heterocycles. The maximum atomic E-state index is 13.0. The van der Waals surface area contributed by atoms with E-state index in [1.165, 1.54) is 14.0 Å². The van der Waals surface area contributed by atoms with Gasteiger partial charge in [-0.3, -0.25) is 4.79 Å². The number of rotatable bonds is 6. The predicted molar refractivity (Wildman–Crippen MR) is 114 cm³/mol. The standard InChI is InChI=1S/C24H28O7/c1-13(2)9-19(30-15(4)25)17-7-8-18-21(23(17)28-6)24(26)29-12-16-10-14(3)11-20(27-5)22(16)31-18/h7-8,10-11,13,19H,9,12H2,1-6H3/t19-/m0/s1. The highest BCUT2D eigenvalue weighted by atomic mass is 16.6. The lowest BCUT2D eigenvalue weighted by Crippen LogP contribution is -2.17. The van der Waals surface area contributed by atoms with E-state index in [0.717, 1.165) is 5.56 Å². The van der Waals surface area contributed by atoms with Crippen molar-refractivity contribution < 1.29 is 33.3 Å². The third-order valence-electron chi connectivity index (χ3n) is 4.97. The van der Waals surface area contributed by atoms with Crippen molar-refractivity contribution in [1.29, 1.82) is 0 Å². The van der Waals surface area contributed by atoms with Gasteiger partial charge in [-0.05, 0) is 49.1 Å². The van der Waals surface area contributed by atoms with E-state index in [2.05, 4.69) is 0 Å². The van der Waals surface area contributed by atoms with E-state index in [1.807, 2.05) is 32.9 Å². The molecule has 2 aromatic rings. The predicted octanol–water partition coefficient (Wildman–Crippen LogP) is 5.13. The van der Waals surface area contributed by atoms with Gasteiger partial charge < -0.3 is 23.7 Å². The molecule has 0 radical (unpaired) electrons. The molecule has 1 aliphatic rings. The minimum absolute atomic E-state index is 0.0262. The number of esters is 2. The minimum atomic E-state index is -0.578. The molecule has 2 aromatic carbocycles. The summed E-state index contributed by atoms with van der Waals surface area (Å²) in [6.45, 7) is 7.36. The number of cyclic esters (lactones) is 1. The van der Waals surface area contributed by atoms with E-state index in [4.69, 9.17) is 23.7 Å². The quantitative estimate of drug-likeness (QED) is 0.590. The number of ether oxygens (including phenoxy) is 5. The van der Waals surface area contributed by atoms with Crippen molar-refractivity contribution in [2.24, 2.45) is 5.92 Å². The Labute approximate surface area is 182 Å². The Kier molecular flexibility index (Phi) is 6.73. The SMILES string of the molecule is COc1cc(C)cc2c1Oc1ccc([C@H](CC(C)C)OC(C)=O)c(OC)c1C(=O)OC2. The van der Waals surface area contributed by atoms with Crippen LogP contribution in [0.1, 0.15) is 60.3 Å². The first kappa shape index (κ1) is 22.5. The fourth-order valence-corrected chi connectivity index (χ4v) is 3.71. The molecule has 31 heavy (non-hydrogen) atoms. The molecule has 0 spiro atoms. The van der Waals surface area contributed by atoms with Crippen LogP contribution < -0.4 is 14.2 Å². The third-order valence-corrected chi connectivity index (χ3v) is 4.97. The summed E-state index contributed by atoms with van der Waals surface area (Å²) >= 11 is 0. The molecule has 0 saturated carbocycles. The minimum Gasteiger partial charge on any atom is -0.495 e. The monoisotopic (exact) mass is 428 g/mol. The smallest absolute Gasteiger partial charge is 0.346 e. The van der Waals surface area contributed by atoms with Crippen LogP contribution in [0.4, 0.5) is 0 Å². The van der Waals surface area contributed by atoms with Crippen molar-refractivity contribution >= 4 is 11.9 Å². The normalized spacial score (nSPS) is 13.7. The van der Waals surface area contributed by atoms with Crippen LogP contribution in [0.2, 0.25) is 0 Å². The lowest BCUT2D eigenvalue weighted by Gasteiger charge is -2.25. The van der Waals surface area contributed by atoms with Crippen LogP contribution in [0.5, 0.6) is 23.0 Å². The van der Waals surface area contributed by atoms with Gasteiger partial charge in [0.25, 0.3) is 0 Å². The molecule has 1 aliphatic heterocycles. The Morgan fingerprint density at radius 1 is 1.16 bits per heavy atom. The van der Waals surface area contributed by atoms with E-state index in [-0.39, 0.29) is 29.6 Å². The highest BCUT2D eigenvalue weighted by Gasteiger charge is 2.31. The van der Waals surface area contributed by atoms with E-state index < -0.39 is 18.0 Å². The number of hydrogen-bond donors (Lipinski definition) is 0. The Balaban J connectivity index is 2.16. The van der Waals surface area contributed by atoms with Crippen molar-refractivity contribution in [2.45, 2.75) is 46.8 Å². The van der Waals surface area contributed by atoms with E-state index in [1.54, 1.807) is 19.2 Å². The van der Waals surface area contributed by atoms with Crippen LogP contribution in [0.3, 0.4) is 0 Å². The maximum Gasteiger partial charge on any atom is 0.346 e. The molecule has 0 aliphatic carbocycles. The fraction of sp³-hybridized carbons (Fsp3) is 0.417. The van der Waals surface area contributed by atoms with Crippen LogP contribution in [0, 0.1) is 12.8 Å². The molecular formula is C24H28O7. The van der Waals surface area contributed by atoms with Crippen LogP contribution >= 0.6 is 0 Å². The first-order chi connectivity index (χ1) is 14.7. The van der Waals surface area contributed by atoms with Crippen molar-refractivity contribution in [3.8, 4) is 23.0 Å². The average Bonchev–Trinajstić information content (AvgIpc) is 2.70. The number of carbonyl (C=O) groups is 2. The second kappa shape index (κ2) is 9.29. The fourth-order valence-electron chi connectivity index (χ4n) is 3.71. The van der Waals surface area contributed by atoms with Gasteiger partial charge in [0.1, 0.15) is 29.8 Å². The van der Waals surface area contributed by atoms with Gasteiger partial charge in [0.2, 0.25) is 0 Å². The molecule has 0 unspecified atom stereocenters. The van der Waals surface area contributed by atoms with Gasteiger partial charge in [0.15, 0.2) is 11.5 Å². The van der Waals surface area contributed by atoms with Gasteiger partial charge in [0.05, 0.1) is 14.2 Å². The molecule has 0 amide bonds. The number of fused-ring (bicyclic) bond motifs is 2. The zero-order valence-corrected chi connectivity index (χ0v) is 18.7. The summed E-state index contributed by atoms with van der Waals surface area (Å²) in [6, 6.07) is 7.16. The van der Waals surface area contributed by atoms with Crippen molar-refractivity contribution in [2.75, 3.05) is 14.2 Å². The summed E-state index contributed by atoms with van der Waals surface area (Å²) in [5.74, 6) is 0.829. The number of aryl methyl sites for hydroxylation is 1. The molecule has 1 atom stereocenters. The van der Waals surface area contributed by atoms with Crippen LogP contribution in [-0.4, -0.2) is 26.2 Å². The Hall–Kier alpha value is -3.22. The van der Waals surface area contributed by atoms with E-state index in [9.17, 15) is 9.59 Å². The second-order valence-corrected chi connectivity index (χ2v) is 7.92. The van der Waals surface area contributed by atoms with Gasteiger partial charge >= 0.3 is 11.9 Å². The molecule has 0 aromatic heterocycles. The van der Waals surface area contributed by atoms with Gasteiger partial charge in [-0.25, -0.2) is 4.79 Å².